The Balaban J connectivity index is 1.00. The van der Waals surface area contributed by atoms with Gasteiger partial charge in [0.2, 0.25) is 5.91 Å². The van der Waals surface area contributed by atoms with Gasteiger partial charge in [-0.25, -0.2) is 22.8 Å². The van der Waals surface area contributed by atoms with Gasteiger partial charge in [0.15, 0.2) is 15.7 Å². The molecule has 1 aromatic heterocycles. The molecule has 6 rings (SSSR count). The molecule has 0 bridgehead atoms. The number of sulfone groups is 1. The number of esters is 1. The molecular weight excluding hydrogens is 638 g/mol. The van der Waals surface area contributed by atoms with Gasteiger partial charge in [0.1, 0.15) is 19.3 Å². The van der Waals surface area contributed by atoms with Gasteiger partial charge >= 0.3 is 12.0 Å². The highest BCUT2D eigenvalue weighted by atomic mass is 35.5. The lowest BCUT2D eigenvalue weighted by molar-refractivity contribution is -0.151. The molecule has 0 saturated carbocycles. The summed E-state index contributed by atoms with van der Waals surface area (Å²) in [6.07, 6.45) is 2.79. The number of aliphatic hydroxyl groups excluding tert-OH is 1. The van der Waals surface area contributed by atoms with Gasteiger partial charge in [0.05, 0.1) is 29.1 Å². The first-order chi connectivity index (χ1) is 22.0. The number of nitrogens with zero attached hydrogens (tertiary/aromatic N) is 5. The van der Waals surface area contributed by atoms with Crippen molar-refractivity contribution in [2.45, 2.75) is 62.3 Å². The first-order valence-corrected chi connectivity index (χ1v) is 17.2. The van der Waals surface area contributed by atoms with Crippen molar-refractivity contribution in [1.29, 1.82) is 0 Å². The van der Waals surface area contributed by atoms with E-state index in [1.807, 2.05) is 0 Å². The minimum absolute atomic E-state index is 0.00468. The average molecular weight is 672 g/mol. The van der Waals surface area contributed by atoms with Crippen molar-refractivity contribution in [1.82, 2.24) is 24.3 Å². The van der Waals surface area contributed by atoms with Crippen LogP contribution in [0.4, 0.5) is 4.79 Å². The monoisotopic (exact) mass is 671 g/mol. The molecule has 3 amide bonds. The minimum Gasteiger partial charge on any atom is -0.456 e. The van der Waals surface area contributed by atoms with E-state index in [2.05, 4.69) is 4.98 Å². The third-order valence-corrected chi connectivity index (χ3v) is 10.8. The zero-order valence-electron chi connectivity index (χ0n) is 25.0. The molecule has 46 heavy (non-hydrogen) atoms. The number of fused-ring (bicyclic) bond motifs is 2. The lowest BCUT2D eigenvalue weighted by atomic mass is 10.0. The molecule has 4 heterocycles. The van der Waals surface area contributed by atoms with Crippen molar-refractivity contribution >= 4 is 56.0 Å². The molecule has 1 N–H and O–H groups in total. The van der Waals surface area contributed by atoms with Gasteiger partial charge in [-0.05, 0) is 60.7 Å². The largest absolute Gasteiger partial charge is 0.456 e. The lowest BCUT2D eigenvalue weighted by Crippen LogP contribution is -2.50. The Bertz CT molecular complexity index is 1800. The summed E-state index contributed by atoms with van der Waals surface area (Å²) in [5, 5.41) is 12.6. The number of hydrogen-bond donors (Lipinski definition) is 1. The van der Waals surface area contributed by atoms with Crippen LogP contribution in [-0.2, 0) is 42.1 Å². The number of carbonyl (C=O) groups excluding carboxylic acids is 4. The number of likely N-dealkylation sites (tertiary alicyclic amines) is 2. The molecule has 0 radical (unpaired) electrons. The predicted molar refractivity (Wildman–Crippen MR) is 165 cm³/mol. The molecule has 3 aliphatic heterocycles. The second kappa shape index (κ2) is 13.0. The number of amides is 3. The Morgan fingerprint density at radius 1 is 1.04 bits per heavy atom. The number of rotatable bonds is 9. The van der Waals surface area contributed by atoms with Crippen molar-refractivity contribution in [3.8, 4) is 0 Å². The maximum atomic E-state index is 13.4. The molecule has 244 valence electrons. The molecule has 3 aromatic rings. The zero-order chi connectivity index (χ0) is 32.6. The number of aromatic nitrogens is 2. The highest BCUT2D eigenvalue weighted by Gasteiger charge is 2.38. The van der Waals surface area contributed by atoms with Gasteiger partial charge in [0.25, 0.3) is 5.91 Å². The molecule has 0 unspecified atom stereocenters. The Morgan fingerprint density at radius 3 is 2.54 bits per heavy atom. The molecular formula is C31H34ClN5O8S. The quantitative estimate of drug-likeness (QED) is 0.337. The molecule has 15 heteroatoms. The van der Waals surface area contributed by atoms with Crippen LogP contribution in [0.3, 0.4) is 0 Å². The fourth-order valence-corrected chi connectivity index (χ4v) is 7.79. The van der Waals surface area contributed by atoms with E-state index in [0.29, 0.717) is 48.5 Å². The third-order valence-electron chi connectivity index (χ3n) is 8.79. The van der Waals surface area contributed by atoms with E-state index >= 15 is 0 Å². The fraction of sp³-hybridized carbons (Fsp3) is 0.452. The van der Waals surface area contributed by atoms with E-state index < -0.39 is 33.6 Å². The second-order valence-corrected chi connectivity index (χ2v) is 14.3. The van der Waals surface area contributed by atoms with E-state index in [0.717, 1.165) is 18.2 Å². The fourth-order valence-electron chi connectivity index (χ4n) is 6.28. The molecule has 2 fully saturated rings. The van der Waals surface area contributed by atoms with Gasteiger partial charge in [-0.2, -0.15) is 0 Å². The lowest BCUT2D eigenvalue weighted by Gasteiger charge is -2.37. The minimum atomic E-state index is -3.97. The van der Waals surface area contributed by atoms with Crippen molar-refractivity contribution in [3.05, 3.63) is 59.1 Å². The summed E-state index contributed by atoms with van der Waals surface area (Å²) in [5.74, 6) is -1.78. The van der Waals surface area contributed by atoms with E-state index in [1.165, 1.54) is 26.5 Å². The highest BCUT2D eigenvalue weighted by Crippen LogP contribution is 2.28. The average Bonchev–Trinajstić information content (AvgIpc) is 3.59. The normalized spacial score (nSPS) is 18.3. The van der Waals surface area contributed by atoms with Gasteiger partial charge in [-0.15, -0.1) is 0 Å². The van der Waals surface area contributed by atoms with Crippen molar-refractivity contribution in [3.63, 3.8) is 0 Å². The summed E-state index contributed by atoms with van der Waals surface area (Å²) in [4.78, 5) is 59.6. The number of ether oxygens (including phenoxy) is 1. The Labute approximate surface area is 270 Å². The van der Waals surface area contributed by atoms with E-state index in [1.54, 1.807) is 35.4 Å². The molecule has 3 aliphatic rings. The number of halogens is 1. The van der Waals surface area contributed by atoms with Gasteiger partial charge in [-0.1, -0.05) is 23.7 Å². The predicted octanol–water partition coefficient (Wildman–Crippen LogP) is 2.35. The summed E-state index contributed by atoms with van der Waals surface area (Å²) in [7, 11) is -3.97. The summed E-state index contributed by atoms with van der Waals surface area (Å²) in [6, 6.07) is 9.15. The van der Waals surface area contributed by atoms with Crippen LogP contribution >= 0.6 is 11.6 Å². The van der Waals surface area contributed by atoms with Gasteiger partial charge in [-0.3, -0.25) is 14.4 Å². The second-order valence-electron chi connectivity index (χ2n) is 11.9. The maximum Gasteiger partial charge on any atom is 0.330 e. The van der Waals surface area contributed by atoms with Gasteiger partial charge < -0.3 is 24.5 Å². The smallest absolute Gasteiger partial charge is 0.330 e. The number of hydrogen-bond acceptors (Lipinski definition) is 9. The highest BCUT2D eigenvalue weighted by molar-refractivity contribution is 7.91. The standard InChI is InChI=1S/C31H34ClN5O8S/c32-22-6-4-21-14-25(7-5-20(21)13-22)46(43,44)19-26(38)30(41)34-11-8-23(9-12-34)36-16-24-15-33-27(37(24)31(36)42)18-45-29(40)17-35-10-2-1-3-28(35)39/h4-7,13-15,23,26,38H,1-3,8-12,16-19H2/t26-/m1/s1. The zero-order valence-corrected chi connectivity index (χ0v) is 26.6. The van der Waals surface area contributed by atoms with Crippen LogP contribution in [-0.4, -0.2) is 106 Å². The summed E-state index contributed by atoms with van der Waals surface area (Å²) in [5.41, 5.74) is 0.651. The number of piperidine rings is 2. The summed E-state index contributed by atoms with van der Waals surface area (Å²) in [6.45, 7) is 0.969. The summed E-state index contributed by atoms with van der Waals surface area (Å²) < 4.78 is 32.9. The SMILES string of the molecule is O=C(CN1CCCCC1=O)OCc1ncc2n1C(=O)N(C1CCN(C(=O)[C@H](O)CS(=O)(=O)c3ccc4cc(Cl)ccc4c3)CC1)C2. The molecule has 1 atom stereocenters. The van der Waals surface area contributed by atoms with Crippen LogP contribution in [0.5, 0.6) is 0 Å². The Hall–Kier alpha value is -4.01. The van der Waals surface area contributed by atoms with E-state index in [9.17, 15) is 32.7 Å². The van der Waals surface area contributed by atoms with Gasteiger partial charge in [0, 0.05) is 37.1 Å². The molecule has 2 saturated heterocycles. The maximum absolute atomic E-state index is 13.4. The van der Waals surface area contributed by atoms with Crippen LogP contribution in [0, 0.1) is 0 Å². The molecule has 13 nitrogen and oxygen atoms in total. The number of aliphatic hydroxyl groups is 1. The molecule has 0 spiro atoms. The van der Waals surface area contributed by atoms with Crippen molar-refractivity contribution in [2.75, 3.05) is 31.9 Å². The third kappa shape index (κ3) is 6.60. The van der Waals surface area contributed by atoms with Crippen molar-refractivity contribution in [2.24, 2.45) is 0 Å². The van der Waals surface area contributed by atoms with Crippen LogP contribution < -0.4 is 0 Å². The van der Waals surface area contributed by atoms with Crippen LogP contribution in [0.15, 0.2) is 47.5 Å². The summed E-state index contributed by atoms with van der Waals surface area (Å²) >= 11 is 6.01. The Morgan fingerprint density at radius 2 is 1.78 bits per heavy atom. The number of carbonyl (C=O) groups is 4. The number of imidazole rings is 1. The number of benzene rings is 2. The first kappa shape index (κ1) is 32.0. The molecule has 0 aliphatic carbocycles. The van der Waals surface area contributed by atoms with Crippen molar-refractivity contribution < 1.29 is 37.4 Å². The van der Waals surface area contributed by atoms with Crippen LogP contribution in [0.2, 0.25) is 5.02 Å². The Kier molecular flexibility index (Phi) is 9.03. The topological polar surface area (TPSA) is 159 Å². The van der Waals surface area contributed by atoms with E-state index in [-0.39, 0.29) is 54.9 Å². The van der Waals surface area contributed by atoms with Crippen LogP contribution in [0.25, 0.3) is 10.8 Å². The van der Waals surface area contributed by atoms with E-state index in [4.69, 9.17) is 16.3 Å². The van der Waals surface area contributed by atoms with Crippen LogP contribution in [0.1, 0.15) is 43.6 Å². The molecule has 2 aromatic carbocycles. The first-order valence-electron chi connectivity index (χ1n) is 15.2.